The number of rotatable bonds is 4. The van der Waals surface area contributed by atoms with Crippen LogP contribution in [0.2, 0.25) is 0 Å². The molecule has 1 saturated heterocycles. The zero-order valence-electron chi connectivity index (χ0n) is 15.2. The maximum Gasteiger partial charge on any atom is 0.263 e. The van der Waals surface area contributed by atoms with Crippen LogP contribution in [0.5, 0.6) is 0 Å². The number of likely N-dealkylation sites (tertiary alicyclic amines) is 1. The van der Waals surface area contributed by atoms with E-state index in [-0.39, 0.29) is 17.7 Å². The first-order valence-corrected chi connectivity index (χ1v) is 10.1. The minimum atomic E-state index is -0.230. The highest BCUT2D eigenvalue weighted by molar-refractivity contribution is 7.12. The lowest BCUT2D eigenvalue weighted by molar-refractivity contribution is -0.121. The molecular formula is C21H20N4O2S. The first-order valence-electron chi connectivity index (χ1n) is 9.22. The Labute approximate surface area is 167 Å². The average molecular weight is 392 g/mol. The minimum absolute atomic E-state index is 0.00282. The van der Waals surface area contributed by atoms with Gasteiger partial charge < -0.3 is 10.2 Å². The van der Waals surface area contributed by atoms with E-state index in [9.17, 15) is 9.59 Å². The number of thiophene rings is 1. The van der Waals surface area contributed by atoms with Gasteiger partial charge in [0, 0.05) is 18.7 Å². The maximum absolute atomic E-state index is 12.7. The van der Waals surface area contributed by atoms with E-state index in [1.54, 1.807) is 17.3 Å². The molecule has 0 saturated carbocycles. The minimum Gasteiger partial charge on any atom is -0.337 e. The second-order valence-corrected chi connectivity index (χ2v) is 7.67. The third-order valence-corrected chi connectivity index (χ3v) is 5.62. The van der Waals surface area contributed by atoms with Crippen molar-refractivity contribution in [2.24, 2.45) is 5.92 Å². The number of piperidine rings is 1. The van der Waals surface area contributed by atoms with Crippen molar-refractivity contribution in [3.8, 4) is 11.4 Å². The van der Waals surface area contributed by atoms with E-state index >= 15 is 0 Å². The van der Waals surface area contributed by atoms with Gasteiger partial charge in [-0.1, -0.05) is 36.4 Å². The van der Waals surface area contributed by atoms with Crippen molar-refractivity contribution >= 4 is 28.8 Å². The Balaban J connectivity index is 1.38. The van der Waals surface area contributed by atoms with E-state index in [1.807, 2.05) is 47.8 Å². The summed E-state index contributed by atoms with van der Waals surface area (Å²) in [5.74, 6) is 0.290. The third-order valence-electron chi connectivity index (χ3n) is 4.76. The lowest BCUT2D eigenvalue weighted by Gasteiger charge is -2.31. The number of hydrogen-bond acceptors (Lipinski definition) is 5. The number of carbonyl (C=O) groups is 2. The van der Waals surface area contributed by atoms with Gasteiger partial charge in [0.05, 0.1) is 28.9 Å². The molecule has 0 spiro atoms. The Morgan fingerprint density at radius 3 is 2.57 bits per heavy atom. The lowest BCUT2D eigenvalue weighted by atomic mass is 9.97. The van der Waals surface area contributed by atoms with Gasteiger partial charge in [-0.05, 0) is 24.3 Å². The van der Waals surface area contributed by atoms with Crippen molar-refractivity contribution in [3.63, 3.8) is 0 Å². The molecule has 0 aliphatic carbocycles. The van der Waals surface area contributed by atoms with E-state index in [4.69, 9.17) is 0 Å². The van der Waals surface area contributed by atoms with Gasteiger partial charge in [-0.25, -0.2) is 9.97 Å². The van der Waals surface area contributed by atoms with E-state index < -0.39 is 0 Å². The van der Waals surface area contributed by atoms with Crippen LogP contribution in [0, 0.1) is 5.92 Å². The molecule has 1 aromatic carbocycles. The summed E-state index contributed by atoms with van der Waals surface area (Å²) in [6.07, 6.45) is 4.82. The predicted octanol–water partition coefficient (Wildman–Crippen LogP) is 3.70. The molecule has 0 bridgehead atoms. The van der Waals surface area contributed by atoms with Gasteiger partial charge >= 0.3 is 0 Å². The molecule has 0 radical (unpaired) electrons. The molecule has 1 N–H and O–H groups in total. The molecule has 1 fully saturated rings. The summed E-state index contributed by atoms with van der Waals surface area (Å²) in [4.78, 5) is 36.4. The molecule has 7 heteroatoms. The second-order valence-electron chi connectivity index (χ2n) is 6.72. The SMILES string of the molecule is O=C(Nc1cnc(-c2ccccc2)nc1)C1CCCN(C(=O)c2cccs2)C1. The largest absolute Gasteiger partial charge is 0.337 e. The Kier molecular flexibility index (Phi) is 5.43. The number of benzene rings is 1. The van der Waals surface area contributed by atoms with Gasteiger partial charge in [-0.15, -0.1) is 11.3 Å². The maximum atomic E-state index is 12.7. The predicted molar refractivity (Wildman–Crippen MR) is 109 cm³/mol. The summed E-state index contributed by atoms with van der Waals surface area (Å²) in [5, 5.41) is 4.77. The fourth-order valence-corrected chi connectivity index (χ4v) is 4.00. The fourth-order valence-electron chi connectivity index (χ4n) is 3.30. The monoisotopic (exact) mass is 392 g/mol. The highest BCUT2D eigenvalue weighted by Crippen LogP contribution is 2.22. The molecule has 28 heavy (non-hydrogen) atoms. The summed E-state index contributed by atoms with van der Waals surface area (Å²) in [6.45, 7) is 1.13. The van der Waals surface area contributed by atoms with Crippen molar-refractivity contribution in [2.75, 3.05) is 18.4 Å². The Morgan fingerprint density at radius 2 is 1.86 bits per heavy atom. The van der Waals surface area contributed by atoms with Crippen LogP contribution in [0.4, 0.5) is 5.69 Å². The molecule has 2 aromatic heterocycles. The van der Waals surface area contributed by atoms with Crippen molar-refractivity contribution in [1.82, 2.24) is 14.9 Å². The van der Waals surface area contributed by atoms with E-state index in [0.29, 0.717) is 29.5 Å². The van der Waals surface area contributed by atoms with Gasteiger partial charge in [0.1, 0.15) is 0 Å². The van der Waals surface area contributed by atoms with E-state index in [2.05, 4.69) is 15.3 Å². The van der Waals surface area contributed by atoms with Gasteiger partial charge in [0.25, 0.3) is 5.91 Å². The molecule has 142 valence electrons. The smallest absolute Gasteiger partial charge is 0.263 e. The molecule has 6 nitrogen and oxygen atoms in total. The highest BCUT2D eigenvalue weighted by atomic mass is 32.1. The van der Waals surface area contributed by atoms with Gasteiger partial charge in [0.2, 0.25) is 5.91 Å². The Morgan fingerprint density at radius 1 is 1.07 bits per heavy atom. The Bertz CT molecular complexity index is 942. The molecule has 1 aliphatic heterocycles. The molecule has 2 amide bonds. The van der Waals surface area contributed by atoms with Gasteiger partial charge in [-0.2, -0.15) is 0 Å². The van der Waals surface area contributed by atoms with Crippen LogP contribution in [-0.4, -0.2) is 39.8 Å². The topological polar surface area (TPSA) is 75.2 Å². The molecule has 1 aliphatic rings. The van der Waals surface area contributed by atoms with Crippen LogP contribution in [0.1, 0.15) is 22.5 Å². The number of aromatic nitrogens is 2. The van der Waals surface area contributed by atoms with Crippen LogP contribution in [0.15, 0.2) is 60.2 Å². The molecule has 1 atom stereocenters. The van der Waals surface area contributed by atoms with Crippen molar-refractivity contribution in [1.29, 1.82) is 0 Å². The van der Waals surface area contributed by atoms with E-state index in [1.165, 1.54) is 11.3 Å². The number of carbonyl (C=O) groups excluding carboxylic acids is 2. The third kappa shape index (κ3) is 4.09. The first-order chi connectivity index (χ1) is 13.7. The molecule has 4 rings (SSSR count). The van der Waals surface area contributed by atoms with Gasteiger partial charge in [-0.3, -0.25) is 9.59 Å². The number of anilines is 1. The van der Waals surface area contributed by atoms with Crippen LogP contribution in [0.3, 0.4) is 0 Å². The quantitative estimate of drug-likeness (QED) is 0.735. The van der Waals surface area contributed by atoms with Crippen molar-refractivity contribution in [3.05, 3.63) is 65.1 Å². The van der Waals surface area contributed by atoms with Crippen LogP contribution in [-0.2, 0) is 4.79 Å². The number of amides is 2. The molecular weight excluding hydrogens is 372 g/mol. The zero-order chi connectivity index (χ0) is 19.3. The Hall–Kier alpha value is -3.06. The van der Waals surface area contributed by atoms with Crippen molar-refractivity contribution in [2.45, 2.75) is 12.8 Å². The summed E-state index contributed by atoms with van der Waals surface area (Å²) < 4.78 is 0. The standard InChI is InChI=1S/C21H20N4O2S/c26-20(16-8-4-10-25(14-16)21(27)18-9-5-11-28-18)24-17-12-22-19(23-13-17)15-6-2-1-3-7-15/h1-3,5-7,9,11-13,16H,4,8,10,14H2,(H,24,26). The highest BCUT2D eigenvalue weighted by Gasteiger charge is 2.29. The molecule has 3 heterocycles. The number of hydrogen-bond donors (Lipinski definition) is 1. The second kappa shape index (κ2) is 8.31. The average Bonchev–Trinajstić information content (AvgIpc) is 3.29. The van der Waals surface area contributed by atoms with Crippen LogP contribution >= 0.6 is 11.3 Å². The van der Waals surface area contributed by atoms with Gasteiger partial charge in [0.15, 0.2) is 5.82 Å². The zero-order valence-corrected chi connectivity index (χ0v) is 16.1. The lowest BCUT2D eigenvalue weighted by Crippen LogP contribution is -2.43. The summed E-state index contributed by atoms with van der Waals surface area (Å²) in [7, 11) is 0. The van der Waals surface area contributed by atoms with E-state index in [0.717, 1.165) is 18.4 Å². The van der Waals surface area contributed by atoms with Crippen molar-refractivity contribution < 1.29 is 9.59 Å². The van der Waals surface area contributed by atoms with Crippen LogP contribution < -0.4 is 5.32 Å². The molecule has 1 unspecified atom stereocenters. The van der Waals surface area contributed by atoms with Crippen LogP contribution in [0.25, 0.3) is 11.4 Å². The number of nitrogens with zero attached hydrogens (tertiary/aromatic N) is 3. The molecule has 3 aromatic rings. The summed E-state index contributed by atoms with van der Waals surface area (Å²) >= 11 is 1.43. The summed E-state index contributed by atoms with van der Waals surface area (Å²) in [5.41, 5.74) is 1.49. The number of nitrogens with one attached hydrogen (secondary N) is 1. The normalized spacial score (nSPS) is 16.6. The first kappa shape index (κ1) is 18.3. The fraction of sp³-hybridized carbons (Fsp3) is 0.238. The summed E-state index contributed by atoms with van der Waals surface area (Å²) in [6, 6.07) is 13.4.